The summed E-state index contributed by atoms with van der Waals surface area (Å²) >= 11 is 0. The molecule has 1 atom stereocenters. The third-order valence-electron chi connectivity index (χ3n) is 4.09. The Morgan fingerprint density at radius 1 is 1.24 bits per heavy atom. The molecule has 0 radical (unpaired) electrons. The van der Waals surface area contributed by atoms with Gasteiger partial charge in [0.1, 0.15) is 17.7 Å². The average Bonchev–Trinajstić information content (AvgIpc) is 2.58. The zero-order valence-electron chi connectivity index (χ0n) is 14.5. The summed E-state index contributed by atoms with van der Waals surface area (Å²) in [4.78, 5) is 12.9. The van der Waals surface area contributed by atoms with E-state index in [4.69, 9.17) is 4.74 Å². The molecule has 3 rings (SSSR count). The molecular weight excluding hydrogens is 326 g/mol. The molecule has 0 bridgehead atoms. The van der Waals surface area contributed by atoms with Crippen molar-refractivity contribution >= 4 is 0 Å². The van der Waals surface area contributed by atoms with E-state index < -0.39 is 11.6 Å². The van der Waals surface area contributed by atoms with Gasteiger partial charge in [0.15, 0.2) is 5.82 Å². The number of ether oxygens (including phenoxy) is 1. The second-order valence-electron chi connectivity index (χ2n) is 6.44. The zero-order chi connectivity index (χ0) is 17.8. The molecule has 25 heavy (non-hydrogen) atoms. The Hall–Kier alpha value is -1.96. The fourth-order valence-corrected chi connectivity index (χ4v) is 2.89. The molecule has 1 fully saturated rings. The van der Waals surface area contributed by atoms with E-state index in [0.29, 0.717) is 32.1 Å². The van der Waals surface area contributed by atoms with Crippen LogP contribution in [0.4, 0.5) is 8.78 Å². The molecule has 0 amide bonds. The van der Waals surface area contributed by atoms with Gasteiger partial charge in [0.2, 0.25) is 0 Å². The predicted molar refractivity (Wildman–Crippen MR) is 89.8 cm³/mol. The molecule has 0 unspecified atom stereocenters. The van der Waals surface area contributed by atoms with Gasteiger partial charge in [0.05, 0.1) is 12.3 Å². The number of morpholine rings is 1. The van der Waals surface area contributed by atoms with Gasteiger partial charge in [-0.2, -0.15) is 0 Å². The molecule has 1 aliphatic heterocycles. The highest BCUT2D eigenvalue weighted by atomic mass is 19.1. The van der Waals surface area contributed by atoms with Gasteiger partial charge in [-0.3, -0.25) is 4.90 Å². The SMILES string of the molecule is CN(C)Cc1ccnc([C@H]2CN(Cc3c(F)cccc3F)CCO2)n1. The van der Waals surface area contributed by atoms with Gasteiger partial charge >= 0.3 is 0 Å². The van der Waals surface area contributed by atoms with Gasteiger partial charge in [0.25, 0.3) is 0 Å². The number of aromatic nitrogens is 2. The molecule has 1 aliphatic rings. The summed E-state index contributed by atoms with van der Waals surface area (Å²) in [5.41, 5.74) is 1.00. The van der Waals surface area contributed by atoms with E-state index in [2.05, 4.69) is 9.97 Å². The molecule has 0 saturated carbocycles. The Bertz CT molecular complexity index is 706. The maximum atomic E-state index is 13.9. The Morgan fingerprint density at radius 3 is 2.72 bits per heavy atom. The topological polar surface area (TPSA) is 41.5 Å². The fourth-order valence-electron chi connectivity index (χ4n) is 2.89. The summed E-state index contributed by atoms with van der Waals surface area (Å²) in [5.74, 6) is -0.433. The predicted octanol–water partition coefficient (Wildman–Crippen LogP) is 2.39. The average molecular weight is 348 g/mol. The summed E-state index contributed by atoms with van der Waals surface area (Å²) in [5, 5.41) is 0. The van der Waals surface area contributed by atoms with E-state index in [1.165, 1.54) is 18.2 Å². The van der Waals surface area contributed by atoms with Crippen molar-refractivity contribution in [3.8, 4) is 0 Å². The largest absolute Gasteiger partial charge is 0.368 e. The van der Waals surface area contributed by atoms with E-state index in [1.54, 1.807) is 6.20 Å². The lowest BCUT2D eigenvalue weighted by Gasteiger charge is -2.32. The molecule has 1 saturated heterocycles. The smallest absolute Gasteiger partial charge is 0.158 e. The number of rotatable bonds is 5. The van der Waals surface area contributed by atoms with Crippen LogP contribution in [0.25, 0.3) is 0 Å². The minimum Gasteiger partial charge on any atom is -0.368 e. The third kappa shape index (κ3) is 4.56. The first kappa shape index (κ1) is 17.8. The van der Waals surface area contributed by atoms with Gasteiger partial charge < -0.3 is 9.64 Å². The van der Waals surface area contributed by atoms with Gasteiger partial charge in [-0.15, -0.1) is 0 Å². The van der Waals surface area contributed by atoms with Crippen molar-refractivity contribution in [1.82, 2.24) is 19.8 Å². The third-order valence-corrected chi connectivity index (χ3v) is 4.09. The molecule has 1 aromatic carbocycles. The first-order valence-electron chi connectivity index (χ1n) is 8.26. The van der Waals surface area contributed by atoms with E-state index in [-0.39, 0.29) is 18.2 Å². The Balaban J connectivity index is 1.71. The molecule has 0 aliphatic carbocycles. The van der Waals surface area contributed by atoms with Crippen molar-refractivity contribution in [2.75, 3.05) is 33.8 Å². The Kier molecular flexibility index (Phi) is 5.67. The van der Waals surface area contributed by atoms with Gasteiger partial charge in [-0.25, -0.2) is 18.7 Å². The summed E-state index contributed by atoms with van der Waals surface area (Å²) in [7, 11) is 3.95. The second kappa shape index (κ2) is 7.95. The lowest BCUT2D eigenvalue weighted by Crippen LogP contribution is -2.38. The first-order chi connectivity index (χ1) is 12.0. The lowest BCUT2D eigenvalue weighted by atomic mass is 10.1. The van der Waals surface area contributed by atoms with Crippen molar-refractivity contribution in [3.63, 3.8) is 0 Å². The van der Waals surface area contributed by atoms with Crippen LogP contribution < -0.4 is 0 Å². The maximum absolute atomic E-state index is 13.9. The van der Waals surface area contributed by atoms with Crippen molar-refractivity contribution in [3.05, 3.63) is 59.2 Å². The van der Waals surface area contributed by atoms with Crippen molar-refractivity contribution < 1.29 is 13.5 Å². The monoisotopic (exact) mass is 348 g/mol. The molecular formula is C18H22F2N4O. The Morgan fingerprint density at radius 2 is 2.00 bits per heavy atom. The highest BCUT2D eigenvalue weighted by molar-refractivity contribution is 5.19. The van der Waals surface area contributed by atoms with E-state index in [1.807, 2.05) is 30.0 Å². The van der Waals surface area contributed by atoms with Crippen LogP contribution in [-0.2, 0) is 17.8 Å². The normalized spacial score (nSPS) is 18.7. The number of hydrogen-bond acceptors (Lipinski definition) is 5. The van der Waals surface area contributed by atoms with Crippen LogP contribution in [0.3, 0.4) is 0 Å². The number of hydrogen-bond donors (Lipinski definition) is 0. The van der Waals surface area contributed by atoms with Crippen LogP contribution in [0, 0.1) is 11.6 Å². The summed E-state index contributed by atoms with van der Waals surface area (Å²) < 4.78 is 33.5. The molecule has 0 N–H and O–H groups in total. The van der Waals surface area contributed by atoms with E-state index in [0.717, 1.165) is 5.69 Å². The van der Waals surface area contributed by atoms with Crippen LogP contribution in [-0.4, -0.2) is 53.6 Å². The van der Waals surface area contributed by atoms with Gasteiger partial charge in [-0.05, 0) is 32.3 Å². The fraction of sp³-hybridized carbons (Fsp3) is 0.444. The standard InChI is InChI=1S/C18H22F2N4O/c1-23(2)10-13-6-7-21-18(22-13)17-12-24(8-9-25-17)11-14-15(19)4-3-5-16(14)20/h3-7,17H,8-12H2,1-2H3/t17-/m1/s1. The number of nitrogens with zero attached hydrogens (tertiary/aromatic N) is 4. The van der Waals surface area contributed by atoms with Crippen LogP contribution in [0.1, 0.15) is 23.2 Å². The van der Waals surface area contributed by atoms with Crippen molar-refractivity contribution in [1.29, 1.82) is 0 Å². The van der Waals surface area contributed by atoms with Crippen LogP contribution in [0.2, 0.25) is 0 Å². The van der Waals surface area contributed by atoms with E-state index in [9.17, 15) is 8.78 Å². The second-order valence-corrected chi connectivity index (χ2v) is 6.44. The highest BCUT2D eigenvalue weighted by Gasteiger charge is 2.25. The molecule has 5 nitrogen and oxygen atoms in total. The molecule has 2 heterocycles. The molecule has 7 heteroatoms. The minimum absolute atomic E-state index is 0.0884. The minimum atomic E-state index is -0.521. The van der Waals surface area contributed by atoms with Crippen LogP contribution >= 0.6 is 0 Å². The van der Waals surface area contributed by atoms with Gasteiger partial charge in [0, 0.05) is 37.9 Å². The van der Waals surface area contributed by atoms with Crippen LogP contribution in [0.5, 0.6) is 0 Å². The zero-order valence-corrected chi connectivity index (χ0v) is 14.5. The summed E-state index contributed by atoms with van der Waals surface area (Å²) in [6.45, 7) is 2.50. The molecule has 0 spiro atoms. The van der Waals surface area contributed by atoms with Gasteiger partial charge in [-0.1, -0.05) is 6.07 Å². The van der Waals surface area contributed by atoms with Crippen molar-refractivity contribution in [2.45, 2.75) is 19.2 Å². The van der Waals surface area contributed by atoms with E-state index >= 15 is 0 Å². The number of benzene rings is 1. The first-order valence-corrected chi connectivity index (χ1v) is 8.26. The summed E-state index contributed by atoms with van der Waals surface area (Å²) in [6.07, 6.45) is 1.42. The Labute approximate surface area is 146 Å². The maximum Gasteiger partial charge on any atom is 0.158 e. The highest BCUT2D eigenvalue weighted by Crippen LogP contribution is 2.22. The molecule has 134 valence electrons. The molecule has 1 aromatic heterocycles. The molecule has 2 aromatic rings. The van der Waals surface area contributed by atoms with Crippen LogP contribution in [0.15, 0.2) is 30.5 Å². The summed E-state index contributed by atoms with van der Waals surface area (Å²) in [6, 6.07) is 5.81. The lowest BCUT2D eigenvalue weighted by molar-refractivity contribution is -0.0379. The van der Waals surface area contributed by atoms with Crippen molar-refractivity contribution in [2.24, 2.45) is 0 Å². The number of halogens is 2. The quantitative estimate of drug-likeness (QED) is 0.830.